The number of nitrogens with zero attached hydrogens (tertiary/aromatic N) is 1. The summed E-state index contributed by atoms with van der Waals surface area (Å²) in [6.45, 7) is 6.19. The van der Waals surface area contributed by atoms with Gasteiger partial charge in [-0.1, -0.05) is 13.8 Å². The van der Waals surface area contributed by atoms with Crippen molar-refractivity contribution < 1.29 is 24.2 Å². The van der Waals surface area contributed by atoms with E-state index in [1.165, 1.54) is 0 Å². The summed E-state index contributed by atoms with van der Waals surface area (Å²) < 4.78 is 10.7. The number of ether oxygens (including phenoxy) is 2. The molecule has 0 radical (unpaired) electrons. The van der Waals surface area contributed by atoms with Gasteiger partial charge in [0.15, 0.2) is 5.78 Å². The van der Waals surface area contributed by atoms with Crippen molar-refractivity contribution >= 4 is 23.1 Å². The number of ketones is 1. The third kappa shape index (κ3) is 6.42. The van der Waals surface area contributed by atoms with Gasteiger partial charge in [-0.3, -0.25) is 9.59 Å². The van der Waals surface area contributed by atoms with E-state index in [-0.39, 0.29) is 24.7 Å². The van der Waals surface area contributed by atoms with Crippen LogP contribution in [-0.4, -0.2) is 35.6 Å². The van der Waals surface area contributed by atoms with Gasteiger partial charge in [-0.15, -0.1) is 11.3 Å². The molecule has 0 bridgehead atoms. The molecule has 2 aromatic carbocycles. The molecule has 3 aromatic rings. The smallest absolute Gasteiger partial charge is 0.306 e. The second kappa shape index (κ2) is 11.1. The highest BCUT2D eigenvalue weighted by atomic mass is 32.1. The minimum atomic E-state index is -0.904. The van der Waals surface area contributed by atoms with Crippen LogP contribution in [0.25, 0.3) is 10.6 Å². The normalized spacial score (nSPS) is 10.9. The maximum Gasteiger partial charge on any atom is 0.306 e. The molecule has 1 N–H and O–H groups in total. The number of hydrogen-bond acceptors (Lipinski definition) is 6. The maximum absolute atomic E-state index is 12.9. The molecule has 0 amide bonds. The third-order valence-corrected chi connectivity index (χ3v) is 6.44. The lowest BCUT2D eigenvalue weighted by Gasteiger charge is -2.10. The number of carboxylic acids is 1. The van der Waals surface area contributed by atoms with E-state index in [1.807, 2.05) is 31.2 Å². The average Bonchev–Trinajstić information content (AvgIpc) is 3.23. The molecule has 0 spiro atoms. The van der Waals surface area contributed by atoms with Gasteiger partial charge in [0.05, 0.1) is 25.8 Å². The number of benzene rings is 2. The Morgan fingerprint density at radius 2 is 1.82 bits per heavy atom. The molecule has 3 rings (SSSR count). The summed E-state index contributed by atoms with van der Waals surface area (Å²) >= 11 is 1.64. The Balaban J connectivity index is 1.69. The number of carbonyl (C=O) groups excluding carboxylic acids is 1. The third-order valence-electron chi connectivity index (χ3n) is 5.26. The van der Waals surface area contributed by atoms with Crippen molar-refractivity contribution in [1.82, 2.24) is 4.98 Å². The van der Waals surface area contributed by atoms with Crippen LogP contribution in [0.4, 0.5) is 0 Å². The highest BCUT2D eigenvalue weighted by Gasteiger charge is 2.17. The zero-order valence-electron chi connectivity index (χ0n) is 19.4. The Labute approximate surface area is 198 Å². The quantitative estimate of drug-likeness (QED) is 0.352. The van der Waals surface area contributed by atoms with E-state index < -0.39 is 5.97 Å². The SMILES string of the molecule is COc1ccc(-c2nc(C(C)C)c(CCC(=O)c3ccc(OCCC(=O)O)c(C)c3)s2)cc1. The fourth-order valence-electron chi connectivity index (χ4n) is 3.46. The molecule has 0 atom stereocenters. The molecule has 7 heteroatoms. The lowest BCUT2D eigenvalue weighted by molar-refractivity contribution is -0.137. The van der Waals surface area contributed by atoms with Gasteiger partial charge in [-0.2, -0.15) is 0 Å². The number of thiazole rings is 1. The number of aryl methyl sites for hydroxylation is 2. The Bertz CT molecular complexity index is 1120. The summed E-state index contributed by atoms with van der Waals surface area (Å²) in [7, 11) is 1.64. The van der Waals surface area contributed by atoms with Crippen molar-refractivity contribution in [3.63, 3.8) is 0 Å². The van der Waals surface area contributed by atoms with E-state index in [9.17, 15) is 9.59 Å². The van der Waals surface area contributed by atoms with Crippen molar-refractivity contribution in [2.45, 2.75) is 46.0 Å². The molecule has 0 unspecified atom stereocenters. The Hall–Kier alpha value is -3.19. The van der Waals surface area contributed by atoms with Gasteiger partial charge < -0.3 is 14.6 Å². The molecule has 0 saturated carbocycles. The van der Waals surface area contributed by atoms with Gasteiger partial charge in [0.2, 0.25) is 0 Å². The molecule has 0 aliphatic rings. The predicted molar refractivity (Wildman–Crippen MR) is 130 cm³/mol. The van der Waals surface area contributed by atoms with Crippen LogP contribution >= 0.6 is 11.3 Å². The molecule has 1 heterocycles. The second-order valence-electron chi connectivity index (χ2n) is 8.11. The number of hydrogen-bond donors (Lipinski definition) is 1. The number of carboxylic acid groups (broad SMARTS) is 1. The van der Waals surface area contributed by atoms with Crippen molar-refractivity contribution in [2.24, 2.45) is 0 Å². The molecule has 174 valence electrons. The maximum atomic E-state index is 12.9. The molecule has 33 heavy (non-hydrogen) atoms. The van der Waals surface area contributed by atoms with E-state index in [1.54, 1.807) is 36.6 Å². The van der Waals surface area contributed by atoms with Crippen LogP contribution < -0.4 is 9.47 Å². The van der Waals surface area contributed by atoms with Crippen LogP contribution in [0.5, 0.6) is 11.5 Å². The minimum Gasteiger partial charge on any atom is -0.497 e. The van der Waals surface area contributed by atoms with Crippen LogP contribution in [-0.2, 0) is 11.2 Å². The Morgan fingerprint density at radius 3 is 2.42 bits per heavy atom. The van der Waals surface area contributed by atoms with Crippen LogP contribution in [0.15, 0.2) is 42.5 Å². The monoisotopic (exact) mass is 467 g/mol. The van der Waals surface area contributed by atoms with Crippen LogP contribution in [0, 0.1) is 6.92 Å². The minimum absolute atomic E-state index is 0.0595. The highest BCUT2D eigenvalue weighted by Crippen LogP contribution is 2.33. The first-order chi connectivity index (χ1) is 15.8. The van der Waals surface area contributed by atoms with Crippen molar-refractivity contribution in [3.8, 4) is 22.1 Å². The van der Waals surface area contributed by atoms with Crippen LogP contribution in [0.3, 0.4) is 0 Å². The van der Waals surface area contributed by atoms with E-state index in [2.05, 4.69) is 13.8 Å². The summed E-state index contributed by atoms with van der Waals surface area (Å²) in [5.41, 5.74) is 3.52. The summed E-state index contributed by atoms with van der Waals surface area (Å²) in [6, 6.07) is 13.1. The van der Waals surface area contributed by atoms with Crippen molar-refractivity contribution in [1.29, 1.82) is 0 Å². The zero-order chi connectivity index (χ0) is 24.0. The molecule has 0 saturated heterocycles. The van der Waals surface area contributed by atoms with Crippen LogP contribution in [0.2, 0.25) is 0 Å². The first-order valence-electron chi connectivity index (χ1n) is 10.9. The number of carbonyl (C=O) groups is 2. The number of aromatic nitrogens is 1. The number of aliphatic carboxylic acids is 1. The molecule has 0 aliphatic carbocycles. The van der Waals surface area contributed by atoms with Crippen molar-refractivity contribution in [2.75, 3.05) is 13.7 Å². The second-order valence-corrected chi connectivity index (χ2v) is 9.19. The fraction of sp³-hybridized carbons (Fsp3) is 0.346. The molecule has 1 aromatic heterocycles. The summed E-state index contributed by atoms with van der Waals surface area (Å²) in [4.78, 5) is 29.5. The first kappa shape index (κ1) is 24.5. The summed E-state index contributed by atoms with van der Waals surface area (Å²) in [5, 5.41) is 9.69. The molecular formula is C26H29NO5S. The first-order valence-corrected chi connectivity index (χ1v) is 11.7. The van der Waals surface area contributed by atoms with Gasteiger partial charge in [-0.25, -0.2) is 4.98 Å². The van der Waals surface area contributed by atoms with E-state index in [0.29, 0.717) is 24.2 Å². The molecule has 0 aliphatic heterocycles. The molecular weight excluding hydrogens is 438 g/mol. The largest absolute Gasteiger partial charge is 0.497 e. The number of methoxy groups -OCH3 is 1. The molecule has 6 nitrogen and oxygen atoms in total. The van der Waals surface area contributed by atoms with Gasteiger partial charge in [0, 0.05) is 22.4 Å². The van der Waals surface area contributed by atoms with Gasteiger partial charge in [-0.05, 0) is 67.3 Å². The Kier molecular flexibility index (Phi) is 8.22. The van der Waals surface area contributed by atoms with Crippen molar-refractivity contribution in [3.05, 3.63) is 64.2 Å². The average molecular weight is 468 g/mol. The van der Waals surface area contributed by atoms with E-state index >= 15 is 0 Å². The predicted octanol–water partition coefficient (Wildman–Crippen LogP) is 5.92. The van der Waals surface area contributed by atoms with E-state index in [0.717, 1.165) is 32.5 Å². The number of Topliss-reactive ketones (excluding diaryl/α,β-unsaturated/α-hetero) is 1. The Morgan fingerprint density at radius 1 is 1.09 bits per heavy atom. The van der Waals surface area contributed by atoms with E-state index in [4.69, 9.17) is 19.6 Å². The summed E-state index contributed by atoms with van der Waals surface area (Å²) in [6.07, 6.45) is 0.963. The van der Waals surface area contributed by atoms with Gasteiger partial charge in [0.25, 0.3) is 0 Å². The lowest BCUT2D eigenvalue weighted by atomic mass is 10.0. The van der Waals surface area contributed by atoms with Gasteiger partial charge >= 0.3 is 5.97 Å². The van der Waals surface area contributed by atoms with Gasteiger partial charge in [0.1, 0.15) is 16.5 Å². The highest BCUT2D eigenvalue weighted by molar-refractivity contribution is 7.15. The fourth-order valence-corrected chi connectivity index (χ4v) is 4.68. The summed E-state index contributed by atoms with van der Waals surface area (Å²) in [5.74, 6) is 0.825. The zero-order valence-corrected chi connectivity index (χ0v) is 20.2. The topological polar surface area (TPSA) is 85.7 Å². The number of rotatable bonds is 11. The standard InChI is InChI=1S/C26H29NO5S/c1-16(2)25-23(33-26(27-25)18-5-8-20(31-4)9-6-18)12-10-21(28)19-7-11-22(17(3)15-19)32-14-13-24(29)30/h5-9,11,15-16H,10,12-14H2,1-4H3,(H,29,30). The lowest BCUT2D eigenvalue weighted by Crippen LogP contribution is -2.07. The molecule has 0 fully saturated rings. The van der Waals surface area contributed by atoms with Crippen LogP contribution in [0.1, 0.15) is 59.1 Å².